The fraction of sp³-hybridized carbons (Fsp3) is 0.462. The van der Waals surface area contributed by atoms with Crippen molar-refractivity contribution in [2.75, 3.05) is 6.61 Å². The van der Waals surface area contributed by atoms with Crippen molar-refractivity contribution in [2.45, 2.75) is 72.3 Å². The van der Waals surface area contributed by atoms with Gasteiger partial charge in [0.05, 0.1) is 12.7 Å². The quantitative estimate of drug-likeness (QED) is 0.507. The number of alkyl carbamates (subject to hydrolysis) is 1. The third-order valence-electron chi connectivity index (χ3n) is 4.55. The first kappa shape index (κ1) is 26.3. The molecule has 0 aliphatic rings. The molecule has 180 valence electrons. The lowest BCUT2D eigenvalue weighted by Gasteiger charge is -2.21. The van der Waals surface area contributed by atoms with Gasteiger partial charge >= 0.3 is 12.1 Å². The van der Waals surface area contributed by atoms with Crippen LogP contribution in [0, 0.1) is 5.82 Å². The Labute approximate surface area is 195 Å². The van der Waals surface area contributed by atoms with Gasteiger partial charge in [-0.2, -0.15) is 0 Å². The molecule has 0 bridgehead atoms. The van der Waals surface area contributed by atoms with E-state index in [0.29, 0.717) is 6.42 Å². The molecular weight excluding hydrogens is 425 g/mol. The SMILES string of the molecule is CCOC(=O)C(Cc1ccc(-c2ccc(F)cc2)c(CNC(=O)OC(C)(C)C)c1)OC(C)C. The number of nitrogens with one attached hydrogen (secondary N) is 1. The highest BCUT2D eigenvalue weighted by Crippen LogP contribution is 2.26. The maximum absolute atomic E-state index is 13.4. The third kappa shape index (κ3) is 8.85. The van der Waals surface area contributed by atoms with E-state index in [0.717, 1.165) is 22.3 Å². The fourth-order valence-electron chi connectivity index (χ4n) is 3.28. The molecule has 1 amide bonds. The normalized spacial score (nSPS) is 12.4. The highest BCUT2D eigenvalue weighted by atomic mass is 19.1. The average Bonchev–Trinajstić information content (AvgIpc) is 2.71. The van der Waals surface area contributed by atoms with Crippen LogP contribution in [0.25, 0.3) is 11.1 Å². The van der Waals surface area contributed by atoms with Crippen molar-refractivity contribution in [2.24, 2.45) is 0 Å². The predicted octanol–water partition coefficient (Wildman–Crippen LogP) is 5.42. The van der Waals surface area contributed by atoms with Gasteiger partial charge in [-0.15, -0.1) is 0 Å². The van der Waals surface area contributed by atoms with E-state index < -0.39 is 23.8 Å². The Hall–Kier alpha value is -2.93. The van der Waals surface area contributed by atoms with Gasteiger partial charge in [0.15, 0.2) is 6.10 Å². The van der Waals surface area contributed by atoms with Crippen molar-refractivity contribution in [3.63, 3.8) is 0 Å². The molecule has 2 aromatic carbocycles. The molecule has 1 unspecified atom stereocenters. The molecule has 1 atom stereocenters. The number of rotatable bonds is 9. The molecule has 2 aromatic rings. The maximum atomic E-state index is 13.4. The van der Waals surface area contributed by atoms with E-state index in [4.69, 9.17) is 14.2 Å². The summed E-state index contributed by atoms with van der Waals surface area (Å²) in [6.07, 6.45) is -1.11. The zero-order valence-corrected chi connectivity index (χ0v) is 20.2. The predicted molar refractivity (Wildman–Crippen MR) is 125 cm³/mol. The Kier molecular flexibility index (Phi) is 9.41. The summed E-state index contributed by atoms with van der Waals surface area (Å²) in [5.41, 5.74) is 2.68. The van der Waals surface area contributed by atoms with Crippen molar-refractivity contribution in [3.8, 4) is 11.1 Å². The topological polar surface area (TPSA) is 73.9 Å². The van der Waals surface area contributed by atoms with Gasteiger partial charge < -0.3 is 19.5 Å². The summed E-state index contributed by atoms with van der Waals surface area (Å²) in [5, 5.41) is 2.77. The second kappa shape index (κ2) is 11.8. The number of hydrogen-bond acceptors (Lipinski definition) is 5. The van der Waals surface area contributed by atoms with Crippen LogP contribution in [-0.2, 0) is 32.0 Å². The third-order valence-corrected chi connectivity index (χ3v) is 4.55. The zero-order chi connectivity index (χ0) is 24.6. The number of benzene rings is 2. The molecular formula is C26H34FNO5. The van der Waals surface area contributed by atoms with Crippen LogP contribution in [0.1, 0.15) is 52.7 Å². The second-order valence-corrected chi connectivity index (χ2v) is 8.98. The molecule has 0 aromatic heterocycles. The lowest BCUT2D eigenvalue weighted by atomic mass is 9.95. The highest BCUT2D eigenvalue weighted by Gasteiger charge is 2.23. The standard InChI is InChI=1S/C26H34FNO5/c1-7-31-24(29)23(32-17(2)3)15-18-8-13-22(19-9-11-21(27)12-10-19)20(14-18)16-28-25(30)33-26(4,5)6/h8-14,17,23H,7,15-16H2,1-6H3,(H,28,30). The Morgan fingerprint density at radius 3 is 2.30 bits per heavy atom. The van der Waals surface area contributed by atoms with Gasteiger partial charge in [0, 0.05) is 13.0 Å². The minimum atomic E-state index is -0.742. The fourth-order valence-corrected chi connectivity index (χ4v) is 3.28. The molecule has 33 heavy (non-hydrogen) atoms. The number of ether oxygens (including phenoxy) is 3. The maximum Gasteiger partial charge on any atom is 0.407 e. The van der Waals surface area contributed by atoms with Crippen LogP contribution in [0.2, 0.25) is 0 Å². The van der Waals surface area contributed by atoms with Gasteiger partial charge in [-0.1, -0.05) is 30.3 Å². The molecule has 2 rings (SSSR count). The summed E-state index contributed by atoms with van der Waals surface area (Å²) in [4.78, 5) is 24.6. The van der Waals surface area contributed by atoms with Crippen molar-refractivity contribution in [1.82, 2.24) is 5.32 Å². The number of halogens is 1. The monoisotopic (exact) mass is 459 g/mol. The summed E-state index contributed by atoms with van der Waals surface area (Å²) >= 11 is 0. The van der Waals surface area contributed by atoms with E-state index in [-0.39, 0.29) is 25.1 Å². The molecule has 0 aliphatic carbocycles. The van der Waals surface area contributed by atoms with E-state index in [1.807, 2.05) is 32.0 Å². The Bertz CT molecular complexity index is 935. The summed E-state index contributed by atoms with van der Waals surface area (Å²) in [5.74, 6) is -0.742. The number of carbonyl (C=O) groups is 2. The molecule has 0 radical (unpaired) electrons. The smallest absolute Gasteiger partial charge is 0.407 e. The van der Waals surface area contributed by atoms with E-state index in [1.165, 1.54) is 12.1 Å². The van der Waals surface area contributed by atoms with Gasteiger partial charge in [0.2, 0.25) is 0 Å². The van der Waals surface area contributed by atoms with Gasteiger partial charge in [-0.05, 0) is 75.9 Å². The Morgan fingerprint density at radius 2 is 1.73 bits per heavy atom. The summed E-state index contributed by atoms with van der Waals surface area (Å²) < 4.78 is 29.7. The van der Waals surface area contributed by atoms with E-state index in [2.05, 4.69) is 5.32 Å². The Balaban J connectivity index is 2.33. The van der Waals surface area contributed by atoms with Crippen LogP contribution in [0.15, 0.2) is 42.5 Å². The van der Waals surface area contributed by atoms with Crippen molar-refractivity contribution in [1.29, 1.82) is 0 Å². The molecule has 0 saturated heterocycles. The summed E-state index contributed by atoms with van der Waals surface area (Å²) in [6, 6.07) is 11.8. The number of hydrogen-bond donors (Lipinski definition) is 1. The molecule has 7 heteroatoms. The minimum absolute atomic E-state index is 0.147. The van der Waals surface area contributed by atoms with Gasteiger partial charge in [0.1, 0.15) is 11.4 Å². The lowest BCUT2D eigenvalue weighted by molar-refractivity contribution is -0.159. The van der Waals surface area contributed by atoms with Crippen molar-refractivity contribution < 1.29 is 28.2 Å². The van der Waals surface area contributed by atoms with Gasteiger partial charge in [0.25, 0.3) is 0 Å². The zero-order valence-electron chi connectivity index (χ0n) is 20.2. The first-order chi connectivity index (χ1) is 15.5. The molecule has 0 saturated carbocycles. The largest absolute Gasteiger partial charge is 0.464 e. The molecule has 0 aliphatic heterocycles. The lowest BCUT2D eigenvalue weighted by Crippen LogP contribution is -2.32. The molecule has 0 fully saturated rings. The average molecular weight is 460 g/mol. The molecule has 0 spiro atoms. The number of amides is 1. The van der Waals surface area contributed by atoms with E-state index in [9.17, 15) is 14.0 Å². The van der Waals surface area contributed by atoms with Crippen LogP contribution >= 0.6 is 0 Å². The minimum Gasteiger partial charge on any atom is -0.464 e. The van der Waals surface area contributed by atoms with Crippen LogP contribution in [-0.4, -0.2) is 36.5 Å². The van der Waals surface area contributed by atoms with Crippen LogP contribution < -0.4 is 5.32 Å². The van der Waals surface area contributed by atoms with Gasteiger partial charge in [-0.25, -0.2) is 14.0 Å². The number of esters is 1. The first-order valence-electron chi connectivity index (χ1n) is 11.1. The van der Waals surface area contributed by atoms with Crippen molar-refractivity contribution >= 4 is 12.1 Å². The van der Waals surface area contributed by atoms with E-state index >= 15 is 0 Å². The summed E-state index contributed by atoms with van der Waals surface area (Å²) in [6.45, 7) is 11.3. The van der Waals surface area contributed by atoms with Crippen LogP contribution in [0.4, 0.5) is 9.18 Å². The second-order valence-electron chi connectivity index (χ2n) is 8.98. The molecule has 6 nitrogen and oxygen atoms in total. The first-order valence-corrected chi connectivity index (χ1v) is 11.1. The Morgan fingerprint density at radius 1 is 1.06 bits per heavy atom. The summed E-state index contributed by atoms with van der Waals surface area (Å²) in [7, 11) is 0. The van der Waals surface area contributed by atoms with Crippen LogP contribution in [0.5, 0.6) is 0 Å². The number of carbonyl (C=O) groups excluding carboxylic acids is 2. The van der Waals surface area contributed by atoms with E-state index in [1.54, 1.807) is 39.8 Å². The van der Waals surface area contributed by atoms with Crippen molar-refractivity contribution in [3.05, 3.63) is 59.4 Å². The highest BCUT2D eigenvalue weighted by molar-refractivity contribution is 5.75. The van der Waals surface area contributed by atoms with Crippen LogP contribution in [0.3, 0.4) is 0 Å². The molecule has 0 heterocycles. The molecule has 1 N–H and O–H groups in total. The van der Waals surface area contributed by atoms with Gasteiger partial charge in [-0.3, -0.25) is 0 Å².